The minimum absolute atomic E-state index is 0. The molecule has 21 heavy (non-hydrogen) atoms. The lowest BCUT2D eigenvalue weighted by molar-refractivity contribution is -0.132. The second kappa shape index (κ2) is 7.71. The zero-order valence-electron chi connectivity index (χ0n) is 12.2. The highest BCUT2D eigenvalue weighted by Crippen LogP contribution is 2.23. The number of rotatable bonds is 4. The maximum atomic E-state index is 13.2. The van der Waals surface area contributed by atoms with Crippen LogP contribution >= 0.6 is 12.4 Å². The molecule has 0 aliphatic carbocycles. The molecule has 2 rings (SSSR count). The molecular weight excluding hydrogens is 298 g/mol. The van der Waals surface area contributed by atoms with Crippen molar-refractivity contribution >= 4 is 18.3 Å². The zero-order chi connectivity index (χ0) is 14.7. The van der Waals surface area contributed by atoms with Crippen LogP contribution in [0, 0.1) is 17.6 Å². The molecule has 1 heterocycles. The van der Waals surface area contributed by atoms with Crippen LogP contribution in [-0.2, 0) is 4.79 Å². The highest BCUT2D eigenvalue weighted by atomic mass is 35.5. The van der Waals surface area contributed by atoms with Crippen molar-refractivity contribution in [3.05, 3.63) is 35.4 Å². The van der Waals surface area contributed by atoms with E-state index >= 15 is 0 Å². The summed E-state index contributed by atoms with van der Waals surface area (Å²) in [5.41, 5.74) is 0.601. The summed E-state index contributed by atoms with van der Waals surface area (Å²) in [4.78, 5) is 13.8. The summed E-state index contributed by atoms with van der Waals surface area (Å²) in [5.74, 6) is -1.33. The molecule has 1 amide bonds. The van der Waals surface area contributed by atoms with Gasteiger partial charge in [0.05, 0.1) is 6.04 Å². The molecule has 1 aromatic rings. The lowest BCUT2D eigenvalue weighted by atomic mass is 10.0. The number of hydrogen-bond donors (Lipinski definition) is 1. The van der Waals surface area contributed by atoms with Gasteiger partial charge in [0.25, 0.3) is 0 Å². The molecule has 2 atom stereocenters. The number of carbonyl (C=O) groups excluding carboxylic acids is 1. The summed E-state index contributed by atoms with van der Waals surface area (Å²) in [6, 6.07) is 3.50. The molecular formula is C15H21ClF2N2O. The summed E-state index contributed by atoms with van der Waals surface area (Å²) >= 11 is 0. The largest absolute Gasteiger partial charge is 0.339 e. The van der Waals surface area contributed by atoms with Gasteiger partial charge in [-0.1, -0.05) is 6.07 Å². The highest BCUT2D eigenvalue weighted by molar-refractivity contribution is 5.85. The van der Waals surface area contributed by atoms with Crippen LogP contribution in [0.5, 0.6) is 0 Å². The first-order valence-electron chi connectivity index (χ1n) is 6.90. The van der Waals surface area contributed by atoms with Gasteiger partial charge in [0.15, 0.2) is 11.6 Å². The van der Waals surface area contributed by atoms with Crippen molar-refractivity contribution in [3.63, 3.8) is 0 Å². The van der Waals surface area contributed by atoms with Crippen LogP contribution in [0.3, 0.4) is 0 Å². The van der Waals surface area contributed by atoms with E-state index in [0.717, 1.165) is 31.6 Å². The van der Waals surface area contributed by atoms with E-state index in [1.54, 1.807) is 11.9 Å². The van der Waals surface area contributed by atoms with Gasteiger partial charge in [0.1, 0.15) is 0 Å². The molecule has 0 saturated carbocycles. The Bertz CT molecular complexity index is 493. The van der Waals surface area contributed by atoms with Crippen LogP contribution in [0.15, 0.2) is 18.2 Å². The van der Waals surface area contributed by atoms with Crippen LogP contribution < -0.4 is 5.32 Å². The molecule has 6 heteroatoms. The fourth-order valence-corrected chi connectivity index (χ4v) is 2.49. The predicted molar refractivity (Wildman–Crippen MR) is 80.4 cm³/mol. The number of amides is 1. The lowest BCUT2D eigenvalue weighted by Gasteiger charge is -2.26. The van der Waals surface area contributed by atoms with Gasteiger partial charge in [-0.25, -0.2) is 8.78 Å². The van der Waals surface area contributed by atoms with Gasteiger partial charge < -0.3 is 10.2 Å². The van der Waals surface area contributed by atoms with Gasteiger partial charge in [-0.2, -0.15) is 0 Å². The highest BCUT2D eigenvalue weighted by Gasteiger charge is 2.23. The van der Waals surface area contributed by atoms with Crippen LogP contribution in [0.4, 0.5) is 8.78 Å². The minimum atomic E-state index is -0.879. The van der Waals surface area contributed by atoms with Crippen LogP contribution in [0.1, 0.15) is 31.4 Å². The molecule has 1 aliphatic heterocycles. The van der Waals surface area contributed by atoms with Crippen molar-refractivity contribution in [2.45, 2.75) is 25.8 Å². The third kappa shape index (κ3) is 4.38. The minimum Gasteiger partial charge on any atom is -0.339 e. The smallest absolute Gasteiger partial charge is 0.223 e. The molecule has 1 aliphatic rings. The Morgan fingerprint density at radius 2 is 2.14 bits per heavy atom. The number of nitrogens with zero attached hydrogens (tertiary/aromatic N) is 1. The zero-order valence-corrected chi connectivity index (χ0v) is 13.1. The van der Waals surface area contributed by atoms with Crippen LogP contribution in [0.2, 0.25) is 0 Å². The maximum absolute atomic E-state index is 13.2. The molecule has 0 spiro atoms. The van der Waals surface area contributed by atoms with Gasteiger partial charge in [-0.05, 0) is 50.0 Å². The topological polar surface area (TPSA) is 32.3 Å². The summed E-state index contributed by atoms with van der Waals surface area (Å²) in [5, 5.41) is 3.23. The molecule has 3 nitrogen and oxygen atoms in total. The number of carbonyl (C=O) groups is 1. The average Bonchev–Trinajstić information content (AvgIpc) is 2.93. The molecule has 118 valence electrons. The molecule has 1 fully saturated rings. The van der Waals surface area contributed by atoms with Gasteiger partial charge in [-0.3, -0.25) is 4.79 Å². The first-order chi connectivity index (χ1) is 9.49. The summed E-state index contributed by atoms with van der Waals surface area (Å²) in [6.45, 7) is 3.65. The summed E-state index contributed by atoms with van der Waals surface area (Å²) in [6.07, 6.45) is 1.51. The van der Waals surface area contributed by atoms with E-state index in [1.807, 2.05) is 6.92 Å². The second-order valence-corrected chi connectivity index (χ2v) is 5.42. The molecule has 1 saturated heterocycles. The van der Waals surface area contributed by atoms with Crippen LogP contribution in [0.25, 0.3) is 0 Å². The maximum Gasteiger partial charge on any atom is 0.223 e. The third-order valence-electron chi connectivity index (χ3n) is 4.03. The van der Waals surface area contributed by atoms with E-state index in [0.29, 0.717) is 17.9 Å². The monoisotopic (exact) mass is 318 g/mol. The molecule has 1 N–H and O–H groups in total. The molecule has 1 aromatic carbocycles. The Balaban J connectivity index is 0.00000220. The Kier molecular flexibility index (Phi) is 6.55. The van der Waals surface area contributed by atoms with Crippen molar-refractivity contribution in [3.8, 4) is 0 Å². The number of nitrogens with one attached hydrogen (secondary N) is 1. The first-order valence-corrected chi connectivity index (χ1v) is 6.90. The van der Waals surface area contributed by atoms with Crippen LogP contribution in [-0.4, -0.2) is 30.9 Å². The van der Waals surface area contributed by atoms with Gasteiger partial charge in [0, 0.05) is 13.5 Å². The fraction of sp³-hybridized carbons (Fsp3) is 0.533. The predicted octanol–water partition coefficient (Wildman–Crippen LogP) is 2.91. The van der Waals surface area contributed by atoms with Crippen molar-refractivity contribution in [2.75, 3.05) is 20.1 Å². The van der Waals surface area contributed by atoms with Crippen molar-refractivity contribution in [2.24, 2.45) is 5.92 Å². The van der Waals surface area contributed by atoms with E-state index in [9.17, 15) is 13.6 Å². The normalized spacial score (nSPS) is 19.0. The third-order valence-corrected chi connectivity index (χ3v) is 4.03. The molecule has 0 radical (unpaired) electrons. The first kappa shape index (κ1) is 17.9. The van der Waals surface area contributed by atoms with E-state index < -0.39 is 11.6 Å². The van der Waals surface area contributed by atoms with Crippen molar-refractivity contribution in [1.29, 1.82) is 0 Å². The molecule has 0 bridgehead atoms. The number of benzene rings is 1. The van der Waals surface area contributed by atoms with E-state index in [4.69, 9.17) is 0 Å². The Morgan fingerprint density at radius 3 is 2.71 bits per heavy atom. The number of hydrogen-bond acceptors (Lipinski definition) is 2. The number of halogens is 3. The quantitative estimate of drug-likeness (QED) is 0.926. The van der Waals surface area contributed by atoms with E-state index in [-0.39, 0.29) is 24.4 Å². The standard InChI is InChI=1S/C15H20F2N2O.ClH/c1-10(12-3-4-13(16)14(17)8-12)19(2)15(20)7-11-5-6-18-9-11;/h3-4,8,10-11,18H,5-7,9H2,1-2H3;1H. The van der Waals surface area contributed by atoms with Gasteiger partial charge in [-0.15, -0.1) is 12.4 Å². The average molecular weight is 319 g/mol. The van der Waals surface area contributed by atoms with Gasteiger partial charge in [0.2, 0.25) is 5.91 Å². The Hall–Kier alpha value is -1.20. The SMILES string of the molecule is CC(c1ccc(F)c(F)c1)N(C)C(=O)CC1CCNC1.Cl. The molecule has 0 aromatic heterocycles. The van der Waals surface area contributed by atoms with E-state index in [1.165, 1.54) is 6.07 Å². The fourth-order valence-electron chi connectivity index (χ4n) is 2.49. The van der Waals surface area contributed by atoms with Crippen molar-refractivity contribution in [1.82, 2.24) is 10.2 Å². The Labute approximate surface area is 130 Å². The summed E-state index contributed by atoms with van der Waals surface area (Å²) in [7, 11) is 1.71. The van der Waals surface area contributed by atoms with Gasteiger partial charge >= 0.3 is 0 Å². The van der Waals surface area contributed by atoms with E-state index in [2.05, 4.69) is 5.32 Å². The molecule has 2 unspecified atom stereocenters. The van der Waals surface area contributed by atoms with Crippen molar-refractivity contribution < 1.29 is 13.6 Å². The Morgan fingerprint density at radius 1 is 1.43 bits per heavy atom. The second-order valence-electron chi connectivity index (χ2n) is 5.42. The summed E-state index contributed by atoms with van der Waals surface area (Å²) < 4.78 is 26.2. The lowest BCUT2D eigenvalue weighted by Crippen LogP contribution is -2.31.